The molecule has 0 atom stereocenters. The Hall–Kier alpha value is -2.91. The molecular formula is C20H15ClN2O. The summed E-state index contributed by atoms with van der Waals surface area (Å²) in [5.41, 5.74) is 6.22. The molecule has 3 aromatic rings. The SMILES string of the molecule is O=C(NN=Cc1ccc(-c2ccccc2)cc1)c1ccc(Cl)cc1. The second kappa shape index (κ2) is 7.57. The van der Waals surface area contributed by atoms with Crippen LogP contribution < -0.4 is 5.43 Å². The number of nitrogens with zero attached hydrogens (tertiary/aromatic N) is 1. The van der Waals surface area contributed by atoms with Crippen LogP contribution in [0.4, 0.5) is 0 Å². The third kappa shape index (κ3) is 4.09. The van der Waals surface area contributed by atoms with Gasteiger partial charge in [-0.2, -0.15) is 5.10 Å². The third-order valence-electron chi connectivity index (χ3n) is 3.50. The zero-order valence-corrected chi connectivity index (χ0v) is 13.6. The minimum Gasteiger partial charge on any atom is -0.267 e. The van der Waals surface area contributed by atoms with Crippen molar-refractivity contribution in [2.45, 2.75) is 0 Å². The van der Waals surface area contributed by atoms with Gasteiger partial charge >= 0.3 is 0 Å². The van der Waals surface area contributed by atoms with Crippen LogP contribution >= 0.6 is 11.6 Å². The molecule has 3 nitrogen and oxygen atoms in total. The molecule has 0 aliphatic carbocycles. The molecule has 0 aliphatic rings. The summed E-state index contributed by atoms with van der Waals surface area (Å²) >= 11 is 5.80. The first kappa shape index (κ1) is 16.0. The van der Waals surface area contributed by atoms with E-state index in [0.717, 1.165) is 16.7 Å². The summed E-state index contributed by atoms with van der Waals surface area (Å²) < 4.78 is 0. The molecule has 0 fully saturated rings. The van der Waals surface area contributed by atoms with E-state index in [9.17, 15) is 4.79 Å². The fraction of sp³-hybridized carbons (Fsp3) is 0. The lowest BCUT2D eigenvalue weighted by Gasteiger charge is -2.02. The van der Waals surface area contributed by atoms with Gasteiger partial charge in [0.15, 0.2) is 0 Å². The van der Waals surface area contributed by atoms with E-state index in [4.69, 9.17) is 11.6 Å². The van der Waals surface area contributed by atoms with Gasteiger partial charge in [0.1, 0.15) is 0 Å². The molecule has 0 saturated carbocycles. The van der Waals surface area contributed by atoms with Crippen LogP contribution in [0.15, 0.2) is 84.0 Å². The number of hydrogen-bond acceptors (Lipinski definition) is 2. The van der Waals surface area contributed by atoms with Gasteiger partial charge in [-0.25, -0.2) is 5.43 Å². The van der Waals surface area contributed by atoms with Gasteiger partial charge in [-0.05, 0) is 41.0 Å². The van der Waals surface area contributed by atoms with Gasteiger partial charge in [0.2, 0.25) is 0 Å². The van der Waals surface area contributed by atoms with Gasteiger partial charge in [0.25, 0.3) is 5.91 Å². The second-order valence-corrected chi connectivity index (χ2v) is 5.63. The van der Waals surface area contributed by atoms with Gasteiger partial charge in [-0.3, -0.25) is 4.79 Å². The van der Waals surface area contributed by atoms with Gasteiger partial charge < -0.3 is 0 Å². The topological polar surface area (TPSA) is 41.5 Å². The minimum atomic E-state index is -0.274. The lowest BCUT2D eigenvalue weighted by molar-refractivity contribution is 0.0955. The number of rotatable bonds is 4. The van der Waals surface area contributed by atoms with Crippen LogP contribution in [-0.2, 0) is 0 Å². The number of halogens is 1. The van der Waals surface area contributed by atoms with E-state index in [2.05, 4.69) is 22.7 Å². The summed E-state index contributed by atoms with van der Waals surface area (Å²) in [6, 6.07) is 24.8. The Bertz CT molecular complexity index is 841. The van der Waals surface area contributed by atoms with Crippen LogP contribution in [0.2, 0.25) is 5.02 Å². The summed E-state index contributed by atoms with van der Waals surface area (Å²) in [6.07, 6.45) is 1.61. The first-order chi connectivity index (χ1) is 11.7. The van der Waals surface area contributed by atoms with Gasteiger partial charge in [-0.15, -0.1) is 0 Å². The Labute approximate surface area is 145 Å². The van der Waals surface area contributed by atoms with Crippen molar-refractivity contribution in [2.24, 2.45) is 5.10 Å². The second-order valence-electron chi connectivity index (χ2n) is 5.19. The average molecular weight is 335 g/mol. The summed E-state index contributed by atoms with van der Waals surface area (Å²) in [4.78, 5) is 11.9. The van der Waals surface area contributed by atoms with Crippen LogP contribution in [-0.4, -0.2) is 12.1 Å². The van der Waals surface area contributed by atoms with E-state index in [0.29, 0.717) is 10.6 Å². The van der Waals surface area contributed by atoms with Crippen LogP contribution in [0.1, 0.15) is 15.9 Å². The number of hydrazone groups is 1. The molecule has 0 heterocycles. The highest BCUT2D eigenvalue weighted by Gasteiger charge is 2.03. The number of carbonyl (C=O) groups is 1. The maximum atomic E-state index is 11.9. The lowest BCUT2D eigenvalue weighted by Crippen LogP contribution is -2.17. The van der Waals surface area contributed by atoms with Crippen molar-refractivity contribution in [1.29, 1.82) is 0 Å². The highest BCUT2D eigenvalue weighted by Crippen LogP contribution is 2.18. The Kier molecular flexibility index (Phi) is 5.04. The largest absolute Gasteiger partial charge is 0.271 e. The molecule has 0 spiro atoms. The Balaban J connectivity index is 1.62. The molecule has 4 heteroatoms. The molecule has 0 aromatic heterocycles. The molecule has 1 N–H and O–H groups in total. The first-order valence-electron chi connectivity index (χ1n) is 7.47. The summed E-state index contributed by atoms with van der Waals surface area (Å²) in [6.45, 7) is 0. The van der Waals surface area contributed by atoms with Crippen LogP contribution in [0.5, 0.6) is 0 Å². The maximum absolute atomic E-state index is 11.9. The van der Waals surface area contributed by atoms with Crippen molar-refractivity contribution < 1.29 is 4.79 Å². The number of nitrogens with one attached hydrogen (secondary N) is 1. The lowest BCUT2D eigenvalue weighted by atomic mass is 10.0. The van der Waals surface area contributed by atoms with Crippen LogP contribution in [0.3, 0.4) is 0 Å². The minimum absolute atomic E-state index is 0.274. The number of hydrogen-bond donors (Lipinski definition) is 1. The zero-order valence-electron chi connectivity index (χ0n) is 12.8. The van der Waals surface area contributed by atoms with Gasteiger partial charge in [-0.1, -0.05) is 66.2 Å². The van der Waals surface area contributed by atoms with Crippen molar-refractivity contribution in [3.63, 3.8) is 0 Å². The standard InChI is InChI=1S/C20H15ClN2O/c21-19-12-10-18(11-13-19)20(24)23-22-14-15-6-8-17(9-7-15)16-4-2-1-3-5-16/h1-14H,(H,23,24). The fourth-order valence-electron chi connectivity index (χ4n) is 2.22. The molecule has 0 unspecified atom stereocenters. The smallest absolute Gasteiger partial charge is 0.267 e. The number of amides is 1. The Morgan fingerprint density at radius 2 is 1.46 bits per heavy atom. The van der Waals surface area contributed by atoms with Crippen molar-refractivity contribution in [1.82, 2.24) is 5.43 Å². The monoisotopic (exact) mass is 334 g/mol. The molecule has 0 aliphatic heterocycles. The Morgan fingerprint density at radius 1 is 0.833 bits per heavy atom. The van der Waals surface area contributed by atoms with E-state index in [1.165, 1.54) is 0 Å². The highest BCUT2D eigenvalue weighted by molar-refractivity contribution is 6.30. The van der Waals surface area contributed by atoms with E-state index >= 15 is 0 Å². The third-order valence-corrected chi connectivity index (χ3v) is 3.76. The molecular weight excluding hydrogens is 320 g/mol. The molecule has 0 bridgehead atoms. The van der Waals surface area contributed by atoms with Gasteiger partial charge in [0, 0.05) is 10.6 Å². The molecule has 118 valence electrons. The van der Waals surface area contributed by atoms with E-state index in [1.807, 2.05) is 42.5 Å². The highest BCUT2D eigenvalue weighted by atomic mass is 35.5. The predicted molar refractivity (Wildman–Crippen MR) is 98.4 cm³/mol. The molecule has 3 aromatic carbocycles. The van der Waals surface area contributed by atoms with Crippen molar-refractivity contribution in [3.05, 3.63) is 95.0 Å². The van der Waals surface area contributed by atoms with Crippen molar-refractivity contribution >= 4 is 23.7 Å². The van der Waals surface area contributed by atoms with E-state index < -0.39 is 0 Å². The number of carbonyl (C=O) groups excluding carboxylic acids is 1. The van der Waals surface area contributed by atoms with Crippen molar-refractivity contribution in [3.8, 4) is 11.1 Å². The first-order valence-corrected chi connectivity index (χ1v) is 7.84. The van der Waals surface area contributed by atoms with Gasteiger partial charge in [0.05, 0.1) is 6.21 Å². The predicted octanol–water partition coefficient (Wildman–Crippen LogP) is 4.77. The molecule has 0 radical (unpaired) electrons. The quantitative estimate of drug-likeness (QED) is 0.542. The zero-order chi connectivity index (χ0) is 16.8. The summed E-state index contributed by atoms with van der Waals surface area (Å²) in [5, 5.41) is 4.58. The number of benzene rings is 3. The Morgan fingerprint density at radius 3 is 2.12 bits per heavy atom. The van der Waals surface area contributed by atoms with E-state index in [-0.39, 0.29) is 5.91 Å². The molecule has 24 heavy (non-hydrogen) atoms. The summed E-state index contributed by atoms with van der Waals surface area (Å²) in [5.74, 6) is -0.274. The summed E-state index contributed by atoms with van der Waals surface area (Å²) in [7, 11) is 0. The van der Waals surface area contributed by atoms with E-state index in [1.54, 1.807) is 30.5 Å². The van der Waals surface area contributed by atoms with Crippen LogP contribution in [0, 0.1) is 0 Å². The van der Waals surface area contributed by atoms with Crippen LogP contribution in [0.25, 0.3) is 11.1 Å². The van der Waals surface area contributed by atoms with Crippen molar-refractivity contribution in [2.75, 3.05) is 0 Å². The molecule has 0 saturated heterocycles. The maximum Gasteiger partial charge on any atom is 0.271 e. The molecule has 3 rings (SSSR count). The normalized spacial score (nSPS) is 10.7. The fourth-order valence-corrected chi connectivity index (χ4v) is 2.35. The molecule has 1 amide bonds. The average Bonchev–Trinajstić information content (AvgIpc) is 2.63.